The summed E-state index contributed by atoms with van der Waals surface area (Å²) < 4.78 is 13.8. The predicted molar refractivity (Wildman–Crippen MR) is 84.4 cm³/mol. The van der Waals surface area contributed by atoms with Gasteiger partial charge in [-0.2, -0.15) is 0 Å². The summed E-state index contributed by atoms with van der Waals surface area (Å²) in [6.07, 6.45) is 4.97. The maximum Gasteiger partial charge on any atom is 0.144 e. The van der Waals surface area contributed by atoms with E-state index in [-0.39, 0.29) is 11.2 Å². The number of hydrogen-bond donors (Lipinski definition) is 0. The molecule has 2 heteroatoms. The fourth-order valence-electron chi connectivity index (χ4n) is 2.29. The number of nitrogens with zero attached hydrogens (tertiary/aromatic N) is 1. The molecular formula is C18H30FN. The molecule has 1 nitrogen and oxygen atoms in total. The van der Waals surface area contributed by atoms with Crippen molar-refractivity contribution in [3.8, 4) is 0 Å². The molecule has 0 aliphatic rings. The average molecular weight is 279 g/mol. The van der Waals surface area contributed by atoms with Crippen molar-refractivity contribution in [1.29, 1.82) is 0 Å². The highest BCUT2D eigenvalue weighted by molar-refractivity contribution is 5.14. The highest BCUT2D eigenvalue weighted by Crippen LogP contribution is 2.23. The van der Waals surface area contributed by atoms with E-state index in [0.29, 0.717) is 11.1 Å². The molecule has 114 valence electrons. The zero-order valence-electron chi connectivity index (χ0n) is 14.0. The van der Waals surface area contributed by atoms with Gasteiger partial charge in [0.1, 0.15) is 5.82 Å². The Hall–Kier alpha value is -0.920. The molecule has 20 heavy (non-hydrogen) atoms. The van der Waals surface area contributed by atoms with Gasteiger partial charge in [0, 0.05) is 5.69 Å². The Kier molecular flexibility index (Phi) is 5.73. The van der Waals surface area contributed by atoms with Gasteiger partial charge >= 0.3 is 0 Å². The summed E-state index contributed by atoms with van der Waals surface area (Å²) in [6.45, 7) is 13.3. The van der Waals surface area contributed by atoms with Crippen LogP contribution in [0.4, 0.5) is 4.39 Å². The number of halogens is 1. The summed E-state index contributed by atoms with van der Waals surface area (Å²) in [4.78, 5) is 4.52. The van der Waals surface area contributed by atoms with Gasteiger partial charge in [0.15, 0.2) is 0 Å². The summed E-state index contributed by atoms with van der Waals surface area (Å²) in [5.74, 6) is -0.154. The van der Waals surface area contributed by atoms with Gasteiger partial charge in [0.2, 0.25) is 0 Å². The van der Waals surface area contributed by atoms with Crippen molar-refractivity contribution in [2.24, 2.45) is 10.8 Å². The molecule has 0 fully saturated rings. The Morgan fingerprint density at radius 2 is 1.60 bits per heavy atom. The molecule has 0 aromatic carbocycles. The van der Waals surface area contributed by atoms with E-state index in [4.69, 9.17) is 0 Å². The fourth-order valence-corrected chi connectivity index (χ4v) is 2.29. The molecule has 0 unspecified atom stereocenters. The number of aryl methyl sites for hydroxylation is 1. The fraction of sp³-hybridized carbons (Fsp3) is 0.722. The van der Waals surface area contributed by atoms with Gasteiger partial charge < -0.3 is 0 Å². The van der Waals surface area contributed by atoms with Gasteiger partial charge in [-0.15, -0.1) is 0 Å². The molecule has 0 N–H and O–H groups in total. The first-order valence-corrected chi connectivity index (χ1v) is 7.71. The van der Waals surface area contributed by atoms with E-state index in [1.165, 1.54) is 6.42 Å². The molecule has 0 radical (unpaired) electrons. The maximum atomic E-state index is 13.8. The minimum Gasteiger partial charge on any atom is -0.255 e. The summed E-state index contributed by atoms with van der Waals surface area (Å²) in [6, 6.07) is 3.40. The molecule has 1 rings (SSSR count). The third-order valence-electron chi connectivity index (χ3n) is 3.28. The van der Waals surface area contributed by atoms with Gasteiger partial charge in [-0.05, 0) is 48.6 Å². The summed E-state index contributed by atoms with van der Waals surface area (Å²) in [5.41, 5.74) is 2.19. The van der Waals surface area contributed by atoms with Gasteiger partial charge in [-0.25, -0.2) is 4.39 Å². The topological polar surface area (TPSA) is 12.9 Å². The third-order valence-corrected chi connectivity index (χ3v) is 3.28. The van der Waals surface area contributed by atoms with E-state index in [1.807, 2.05) is 6.07 Å². The first-order valence-electron chi connectivity index (χ1n) is 7.71. The molecule has 1 aromatic rings. The van der Waals surface area contributed by atoms with Crippen LogP contribution >= 0.6 is 0 Å². The molecule has 1 aromatic heterocycles. The molecule has 0 bridgehead atoms. The average Bonchev–Trinajstić information content (AvgIpc) is 2.25. The smallest absolute Gasteiger partial charge is 0.144 e. The molecule has 0 spiro atoms. The van der Waals surface area contributed by atoms with Crippen LogP contribution in [-0.2, 0) is 12.8 Å². The van der Waals surface area contributed by atoms with Crippen molar-refractivity contribution in [3.05, 3.63) is 29.3 Å². The molecule has 0 atom stereocenters. The van der Waals surface area contributed by atoms with Crippen LogP contribution in [0.1, 0.15) is 72.2 Å². The lowest BCUT2D eigenvalue weighted by molar-refractivity contribution is 0.359. The Morgan fingerprint density at radius 3 is 2.15 bits per heavy atom. The van der Waals surface area contributed by atoms with E-state index < -0.39 is 0 Å². The minimum absolute atomic E-state index is 0.154. The SMILES string of the molecule is CC(C)(C)CCCCc1nc(CC(C)(C)C)ccc1F. The molecular weight excluding hydrogens is 249 g/mol. The zero-order valence-corrected chi connectivity index (χ0v) is 14.0. The van der Waals surface area contributed by atoms with Crippen LogP contribution in [-0.4, -0.2) is 4.98 Å². The van der Waals surface area contributed by atoms with Crippen molar-refractivity contribution in [2.75, 3.05) is 0 Å². The first kappa shape index (κ1) is 17.1. The van der Waals surface area contributed by atoms with Crippen molar-refractivity contribution < 1.29 is 4.39 Å². The largest absolute Gasteiger partial charge is 0.255 e. The van der Waals surface area contributed by atoms with E-state index in [1.54, 1.807) is 6.07 Å². The lowest BCUT2D eigenvalue weighted by Gasteiger charge is -2.18. The quantitative estimate of drug-likeness (QED) is 0.642. The first-order chi connectivity index (χ1) is 9.07. The number of aromatic nitrogens is 1. The van der Waals surface area contributed by atoms with Crippen molar-refractivity contribution in [2.45, 2.75) is 73.6 Å². The van der Waals surface area contributed by atoms with Crippen LogP contribution in [0.3, 0.4) is 0 Å². The summed E-state index contributed by atoms with van der Waals surface area (Å²) in [7, 11) is 0. The molecule has 0 saturated carbocycles. The van der Waals surface area contributed by atoms with Gasteiger partial charge in [-0.3, -0.25) is 4.98 Å². The van der Waals surface area contributed by atoms with E-state index in [9.17, 15) is 4.39 Å². The lowest BCUT2D eigenvalue weighted by Crippen LogP contribution is -2.12. The van der Waals surface area contributed by atoms with Crippen molar-refractivity contribution in [1.82, 2.24) is 4.98 Å². The number of pyridine rings is 1. The highest BCUT2D eigenvalue weighted by Gasteiger charge is 2.14. The predicted octanol–water partition coefficient (Wildman–Crippen LogP) is 5.57. The van der Waals surface area contributed by atoms with Gasteiger partial charge in [0.05, 0.1) is 5.69 Å². The minimum atomic E-state index is -0.154. The van der Waals surface area contributed by atoms with Crippen molar-refractivity contribution >= 4 is 0 Å². The lowest BCUT2D eigenvalue weighted by atomic mass is 9.89. The second kappa shape index (κ2) is 6.69. The second-order valence-corrected chi connectivity index (χ2v) is 8.24. The molecule has 0 aliphatic heterocycles. The number of rotatable bonds is 5. The maximum absolute atomic E-state index is 13.8. The van der Waals surface area contributed by atoms with Crippen molar-refractivity contribution in [3.63, 3.8) is 0 Å². The highest BCUT2D eigenvalue weighted by atomic mass is 19.1. The van der Waals surface area contributed by atoms with Crippen LogP contribution in [0.25, 0.3) is 0 Å². The van der Waals surface area contributed by atoms with Gasteiger partial charge in [0.25, 0.3) is 0 Å². The standard InChI is InChI=1S/C18H30FN/c1-17(2,3)12-8-7-9-16-15(19)11-10-14(20-16)13-18(4,5)6/h10-11H,7-9,12-13H2,1-6H3. The van der Waals surface area contributed by atoms with Crippen LogP contribution in [0.2, 0.25) is 0 Å². The van der Waals surface area contributed by atoms with Crippen LogP contribution in [0.15, 0.2) is 12.1 Å². The summed E-state index contributed by atoms with van der Waals surface area (Å²) in [5, 5.41) is 0. The Balaban J connectivity index is 2.59. The molecule has 0 amide bonds. The van der Waals surface area contributed by atoms with Gasteiger partial charge in [-0.1, -0.05) is 48.0 Å². The molecule has 0 aliphatic carbocycles. The van der Waals surface area contributed by atoms with E-state index in [0.717, 1.165) is 31.4 Å². The normalized spacial score (nSPS) is 12.8. The Morgan fingerprint density at radius 1 is 0.950 bits per heavy atom. The van der Waals surface area contributed by atoms with E-state index >= 15 is 0 Å². The van der Waals surface area contributed by atoms with Crippen LogP contribution < -0.4 is 0 Å². The molecule has 0 saturated heterocycles. The monoisotopic (exact) mass is 279 g/mol. The molecule has 1 heterocycles. The third kappa shape index (κ3) is 7.02. The number of unbranched alkanes of at least 4 members (excludes halogenated alkanes) is 1. The Labute approximate surface area is 124 Å². The number of hydrogen-bond acceptors (Lipinski definition) is 1. The Bertz CT molecular complexity index is 424. The zero-order chi connectivity index (χ0) is 15.4. The van der Waals surface area contributed by atoms with Crippen LogP contribution in [0.5, 0.6) is 0 Å². The van der Waals surface area contributed by atoms with Crippen LogP contribution in [0, 0.1) is 16.6 Å². The van der Waals surface area contributed by atoms with E-state index in [2.05, 4.69) is 46.5 Å². The summed E-state index contributed by atoms with van der Waals surface area (Å²) >= 11 is 0. The second-order valence-electron chi connectivity index (χ2n) is 8.24.